The van der Waals surface area contributed by atoms with Crippen molar-refractivity contribution in [1.82, 2.24) is 5.32 Å². The lowest BCUT2D eigenvalue weighted by atomic mass is 9.93. The molecule has 110 valence electrons. The second-order valence-corrected chi connectivity index (χ2v) is 6.55. The van der Waals surface area contributed by atoms with Gasteiger partial charge in [-0.15, -0.1) is 0 Å². The van der Waals surface area contributed by atoms with Crippen LogP contribution in [0, 0.1) is 13.8 Å². The fourth-order valence-electron chi connectivity index (χ4n) is 3.07. The number of fused-ring (bicyclic) bond motifs is 1. The average Bonchev–Trinajstić information content (AvgIpc) is 2.88. The molecule has 2 nitrogen and oxygen atoms in total. The maximum Gasteiger partial charge on any atom is 0.123 e. The van der Waals surface area contributed by atoms with Gasteiger partial charge in [0.25, 0.3) is 0 Å². The van der Waals surface area contributed by atoms with Crippen molar-refractivity contribution in [2.45, 2.75) is 32.4 Å². The Hall–Kier alpha value is -1.32. The van der Waals surface area contributed by atoms with E-state index in [1.165, 1.54) is 22.3 Å². The van der Waals surface area contributed by atoms with Gasteiger partial charge in [-0.05, 0) is 55.3 Å². The van der Waals surface area contributed by atoms with Crippen molar-refractivity contribution in [1.29, 1.82) is 0 Å². The van der Waals surface area contributed by atoms with Crippen molar-refractivity contribution >= 4 is 15.9 Å². The number of hydrogen-bond acceptors (Lipinski definition) is 2. The van der Waals surface area contributed by atoms with Gasteiger partial charge in [0.2, 0.25) is 0 Å². The van der Waals surface area contributed by atoms with Crippen LogP contribution in [0.4, 0.5) is 0 Å². The van der Waals surface area contributed by atoms with Crippen LogP contribution in [0.5, 0.6) is 5.75 Å². The van der Waals surface area contributed by atoms with E-state index in [0.717, 1.165) is 16.6 Å². The molecule has 3 heteroatoms. The summed E-state index contributed by atoms with van der Waals surface area (Å²) >= 11 is 3.61. The highest BCUT2D eigenvalue weighted by atomic mass is 79.9. The zero-order valence-corrected chi connectivity index (χ0v) is 14.2. The lowest BCUT2D eigenvalue weighted by molar-refractivity contribution is 0.183. The molecule has 2 unspecified atom stereocenters. The van der Waals surface area contributed by atoms with E-state index in [2.05, 4.69) is 65.4 Å². The van der Waals surface area contributed by atoms with Crippen molar-refractivity contribution in [2.75, 3.05) is 7.05 Å². The van der Waals surface area contributed by atoms with E-state index >= 15 is 0 Å². The van der Waals surface area contributed by atoms with Crippen molar-refractivity contribution in [3.05, 3.63) is 63.1 Å². The minimum Gasteiger partial charge on any atom is -0.488 e. The topological polar surface area (TPSA) is 21.3 Å². The number of halogens is 1. The Morgan fingerprint density at radius 1 is 1.19 bits per heavy atom. The molecular weight excluding hydrogens is 326 g/mol. The molecular formula is C18H20BrNO. The van der Waals surface area contributed by atoms with E-state index < -0.39 is 0 Å². The van der Waals surface area contributed by atoms with Gasteiger partial charge in [0.05, 0.1) is 6.04 Å². The molecule has 0 fully saturated rings. The van der Waals surface area contributed by atoms with E-state index in [1.807, 2.05) is 13.1 Å². The molecule has 2 aromatic rings. The molecule has 1 N–H and O–H groups in total. The van der Waals surface area contributed by atoms with Gasteiger partial charge in [0.15, 0.2) is 0 Å². The number of benzene rings is 2. The summed E-state index contributed by atoms with van der Waals surface area (Å²) in [6, 6.07) is 13.0. The van der Waals surface area contributed by atoms with Crippen LogP contribution in [-0.2, 0) is 6.42 Å². The van der Waals surface area contributed by atoms with Crippen molar-refractivity contribution in [2.24, 2.45) is 0 Å². The van der Waals surface area contributed by atoms with Crippen molar-refractivity contribution in [3.8, 4) is 5.75 Å². The number of para-hydroxylation sites is 1. The van der Waals surface area contributed by atoms with E-state index in [9.17, 15) is 0 Å². The molecule has 0 saturated carbocycles. The lowest BCUT2D eigenvalue weighted by Gasteiger charge is -2.25. The maximum atomic E-state index is 6.17. The monoisotopic (exact) mass is 345 g/mol. The number of nitrogens with one attached hydrogen (secondary N) is 1. The second kappa shape index (κ2) is 5.82. The van der Waals surface area contributed by atoms with Crippen LogP contribution in [0.3, 0.4) is 0 Å². The van der Waals surface area contributed by atoms with Crippen LogP contribution in [-0.4, -0.2) is 13.2 Å². The number of hydrogen-bond donors (Lipinski definition) is 1. The molecule has 0 saturated heterocycles. The van der Waals surface area contributed by atoms with Crippen LogP contribution in [0.1, 0.15) is 28.3 Å². The number of ether oxygens (including phenoxy) is 1. The fraction of sp³-hybridized carbons (Fsp3) is 0.333. The first kappa shape index (κ1) is 14.6. The normalized spacial score (nSPS) is 18.2. The number of rotatable bonds is 3. The SMILES string of the molecule is CNC(c1cc(C)c(Br)cc1C)C1Cc2ccccc2O1. The van der Waals surface area contributed by atoms with Gasteiger partial charge in [0.1, 0.15) is 11.9 Å². The molecule has 0 amide bonds. The summed E-state index contributed by atoms with van der Waals surface area (Å²) in [5, 5.41) is 3.44. The van der Waals surface area contributed by atoms with E-state index in [0.29, 0.717) is 0 Å². The Morgan fingerprint density at radius 3 is 2.67 bits per heavy atom. The third-order valence-corrected chi connectivity index (χ3v) is 5.09. The smallest absolute Gasteiger partial charge is 0.123 e. The Balaban J connectivity index is 1.92. The van der Waals surface area contributed by atoms with Crippen LogP contribution in [0.2, 0.25) is 0 Å². The molecule has 21 heavy (non-hydrogen) atoms. The Kier molecular flexibility index (Phi) is 4.05. The Morgan fingerprint density at radius 2 is 1.95 bits per heavy atom. The summed E-state index contributed by atoms with van der Waals surface area (Å²) in [4.78, 5) is 0. The largest absolute Gasteiger partial charge is 0.488 e. The maximum absolute atomic E-state index is 6.17. The highest BCUT2D eigenvalue weighted by Gasteiger charge is 2.31. The van der Waals surface area contributed by atoms with E-state index in [-0.39, 0.29) is 12.1 Å². The molecule has 2 atom stereocenters. The standard InChI is InChI=1S/C18H20BrNO/c1-11-9-15(19)12(2)8-14(11)18(20-3)17-10-13-6-4-5-7-16(13)21-17/h4-9,17-18,20H,10H2,1-3H3. The van der Waals surface area contributed by atoms with E-state index in [1.54, 1.807) is 0 Å². The highest BCUT2D eigenvalue weighted by Crippen LogP contribution is 2.35. The first-order valence-electron chi connectivity index (χ1n) is 7.28. The first-order valence-corrected chi connectivity index (χ1v) is 8.08. The van der Waals surface area contributed by atoms with Crippen molar-refractivity contribution < 1.29 is 4.74 Å². The van der Waals surface area contributed by atoms with Gasteiger partial charge in [-0.1, -0.05) is 40.2 Å². The molecule has 3 rings (SSSR count). The summed E-state index contributed by atoms with van der Waals surface area (Å²) in [6.45, 7) is 4.29. The van der Waals surface area contributed by atoms with Crippen LogP contribution in [0.15, 0.2) is 40.9 Å². The van der Waals surface area contributed by atoms with Gasteiger partial charge in [-0.25, -0.2) is 0 Å². The summed E-state index contributed by atoms with van der Waals surface area (Å²) < 4.78 is 7.33. The summed E-state index contributed by atoms with van der Waals surface area (Å²) in [6.07, 6.45) is 1.10. The molecule has 1 aliphatic rings. The number of likely N-dealkylation sites (N-methyl/N-ethyl adjacent to an activating group) is 1. The minimum absolute atomic E-state index is 0.145. The Bertz CT molecular complexity index is 643. The molecule has 0 aromatic heterocycles. The molecule has 0 bridgehead atoms. The molecule has 0 spiro atoms. The summed E-state index contributed by atoms with van der Waals surface area (Å²) in [7, 11) is 2.01. The zero-order valence-electron chi connectivity index (χ0n) is 12.6. The molecule has 1 aliphatic heterocycles. The van der Waals surface area contributed by atoms with Crippen molar-refractivity contribution in [3.63, 3.8) is 0 Å². The number of aryl methyl sites for hydroxylation is 2. The summed E-state index contributed by atoms with van der Waals surface area (Å²) in [5.74, 6) is 1.02. The highest BCUT2D eigenvalue weighted by molar-refractivity contribution is 9.10. The van der Waals surface area contributed by atoms with Gasteiger partial charge < -0.3 is 10.1 Å². The molecule has 0 aliphatic carbocycles. The fourth-order valence-corrected chi connectivity index (χ4v) is 3.53. The lowest BCUT2D eigenvalue weighted by Crippen LogP contribution is -2.33. The minimum atomic E-state index is 0.145. The summed E-state index contributed by atoms with van der Waals surface area (Å²) in [5.41, 5.74) is 5.16. The molecule has 1 heterocycles. The van der Waals surface area contributed by atoms with Gasteiger partial charge >= 0.3 is 0 Å². The first-order chi connectivity index (χ1) is 10.1. The second-order valence-electron chi connectivity index (χ2n) is 5.69. The predicted octanol–water partition coefficient (Wildman–Crippen LogP) is 4.33. The van der Waals surface area contributed by atoms with Gasteiger partial charge in [-0.2, -0.15) is 0 Å². The average molecular weight is 346 g/mol. The van der Waals surface area contributed by atoms with Crippen LogP contribution < -0.4 is 10.1 Å². The van der Waals surface area contributed by atoms with E-state index in [4.69, 9.17) is 4.74 Å². The predicted molar refractivity (Wildman–Crippen MR) is 90.0 cm³/mol. The quantitative estimate of drug-likeness (QED) is 0.893. The third-order valence-electron chi connectivity index (χ3n) is 4.24. The third kappa shape index (κ3) is 2.72. The van der Waals surface area contributed by atoms with Gasteiger partial charge in [0, 0.05) is 10.9 Å². The molecule has 0 radical (unpaired) electrons. The van der Waals surface area contributed by atoms with Gasteiger partial charge in [-0.3, -0.25) is 0 Å². The zero-order chi connectivity index (χ0) is 15.0. The molecule has 2 aromatic carbocycles. The van der Waals surface area contributed by atoms with Crippen LogP contribution in [0.25, 0.3) is 0 Å². The Labute approximate surface area is 134 Å². The van der Waals surface area contributed by atoms with Crippen LogP contribution >= 0.6 is 15.9 Å².